The molecule has 1 saturated carbocycles. The first-order valence-electron chi connectivity index (χ1n) is 5.64. The van der Waals surface area contributed by atoms with Crippen LogP contribution in [0.15, 0.2) is 0 Å². The molecular formula is C11H24N2. The minimum atomic E-state index is 0.860. The van der Waals surface area contributed by atoms with Crippen molar-refractivity contribution in [3.63, 3.8) is 0 Å². The number of hydrogen-bond donors (Lipinski definition) is 1. The molecule has 2 heteroatoms. The predicted octanol–water partition coefficient (Wildman–Crippen LogP) is 1.72. The highest BCUT2D eigenvalue weighted by molar-refractivity contribution is 4.88. The van der Waals surface area contributed by atoms with Gasteiger partial charge in [0.15, 0.2) is 0 Å². The SMILES string of the molecule is CCCCN(C)C1CCC1CNC. The Bertz CT molecular complexity index is 136. The van der Waals surface area contributed by atoms with Crippen molar-refractivity contribution in [3.05, 3.63) is 0 Å². The van der Waals surface area contributed by atoms with Gasteiger partial charge in [0.2, 0.25) is 0 Å². The van der Waals surface area contributed by atoms with Crippen molar-refractivity contribution >= 4 is 0 Å². The molecule has 0 spiro atoms. The standard InChI is InChI=1S/C11H24N2/c1-4-5-8-13(3)11-7-6-10(11)9-12-2/h10-12H,4-9H2,1-3H3. The van der Waals surface area contributed by atoms with E-state index >= 15 is 0 Å². The summed E-state index contributed by atoms with van der Waals surface area (Å²) in [4.78, 5) is 2.55. The molecule has 2 unspecified atom stereocenters. The Morgan fingerprint density at radius 1 is 1.38 bits per heavy atom. The minimum absolute atomic E-state index is 0.860. The molecule has 0 radical (unpaired) electrons. The summed E-state index contributed by atoms with van der Waals surface area (Å²) < 4.78 is 0. The molecule has 0 amide bonds. The molecule has 1 N–H and O–H groups in total. The lowest BCUT2D eigenvalue weighted by Crippen LogP contribution is -2.48. The average Bonchev–Trinajstić information content (AvgIpc) is 2.09. The van der Waals surface area contributed by atoms with Gasteiger partial charge in [0.05, 0.1) is 0 Å². The maximum Gasteiger partial charge on any atom is 0.0133 e. The molecule has 0 saturated heterocycles. The largest absolute Gasteiger partial charge is 0.319 e. The maximum atomic E-state index is 3.28. The number of hydrogen-bond acceptors (Lipinski definition) is 2. The van der Waals surface area contributed by atoms with Gasteiger partial charge < -0.3 is 10.2 Å². The molecule has 0 bridgehead atoms. The smallest absolute Gasteiger partial charge is 0.0133 e. The average molecular weight is 184 g/mol. The summed E-state index contributed by atoms with van der Waals surface area (Å²) in [5.74, 6) is 0.909. The van der Waals surface area contributed by atoms with Gasteiger partial charge in [0, 0.05) is 6.04 Å². The second-order valence-electron chi connectivity index (χ2n) is 4.30. The van der Waals surface area contributed by atoms with E-state index in [9.17, 15) is 0 Å². The van der Waals surface area contributed by atoms with Gasteiger partial charge >= 0.3 is 0 Å². The Labute approximate surface area is 82.7 Å². The van der Waals surface area contributed by atoms with E-state index in [1.165, 1.54) is 38.8 Å². The van der Waals surface area contributed by atoms with Crippen molar-refractivity contribution in [3.8, 4) is 0 Å². The van der Waals surface area contributed by atoms with Gasteiger partial charge in [-0.15, -0.1) is 0 Å². The molecule has 0 aromatic heterocycles. The van der Waals surface area contributed by atoms with Crippen LogP contribution in [0.1, 0.15) is 32.6 Å². The van der Waals surface area contributed by atoms with Crippen LogP contribution in [0.25, 0.3) is 0 Å². The first kappa shape index (κ1) is 11.0. The molecular weight excluding hydrogens is 160 g/mol. The van der Waals surface area contributed by atoms with Crippen LogP contribution >= 0.6 is 0 Å². The third-order valence-corrected chi connectivity index (χ3v) is 3.27. The van der Waals surface area contributed by atoms with Crippen molar-refractivity contribution in [1.82, 2.24) is 10.2 Å². The van der Waals surface area contributed by atoms with Crippen molar-refractivity contribution in [2.24, 2.45) is 5.92 Å². The Morgan fingerprint density at radius 3 is 2.62 bits per heavy atom. The van der Waals surface area contributed by atoms with Crippen LogP contribution < -0.4 is 5.32 Å². The van der Waals surface area contributed by atoms with Gasteiger partial charge in [-0.25, -0.2) is 0 Å². The van der Waals surface area contributed by atoms with E-state index in [2.05, 4.69) is 31.2 Å². The summed E-state index contributed by atoms with van der Waals surface area (Å²) in [5, 5.41) is 3.28. The molecule has 0 aromatic carbocycles. The second kappa shape index (κ2) is 5.61. The molecule has 2 atom stereocenters. The van der Waals surface area contributed by atoms with Crippen LogP contribution in [0.5, 0.6) is 0 Å². The van der Waals surface area contributed by atoms with E-state index in [4.69, 9.17) is 0 Å². The summed E-state index contributed by atoms with van der Waals surface area (Å²) in [6.45, 7) is 4.74. The number of nitrogens with one attached hydrogen (secondary N) is 1. The highest BCUT2D eigenvalue weighted by Crippen LogP contribution is 2.30. The van der Waals surface area contributed by atoms with Crippen LogP contribution in [0.4, 0.5) is 0 Å². The molecule has 1 aliphatic rings. The van der Waals surface area contributed by atoms with Gasteiger partial charge in [0.25, 0.3) is 0 Å². The summed E-state index contributed by atoms with van der Waals surface area (Å²) in [6.07, 6.45) is 5.49. The fraction of sp³-hybridized carbons (Fsp3) is 1.00. The van der Waals surface area contributed by atoms with Gasteiger partial charge in [0.1, 0.15) is 0 Å². The molecule has 13 heavy (non-hydrogen) atoms. The van der Waals surface area contributed by atoms with Gasteiger partial charge in [-0.1, -0.05) is 13.3 Å². The molecule has 0 aliphatic heterocycles. The third-order valence-electron chi connectivity index (χ3n) is 3.27. The summed E-state index contributed by atoms with van der Waals surface area (Å²) in [7, 11) is 4.34. The quantitative estimate of drug-likeness (QED) is 0.676. The first-order valence-corrected chi connectivity index (χ1v) is 5.64. The van der Waals surface area contributed by atoms with E-state index in [0.717, 1.165) is 12.0 Å². The number of rotatable bonds is 6. The van der Waals surface area contributed by atoms with Crippen LogP contribution in [0, 0.1) is 5.92 Å². The van der Waals surface area contributed by atoms with E-state index in [1.807, 2.05) is 0 Å². The monoisotopic (exact) mass is 184 g/mol. The summed E-state index contributed by atoms with van der Waals surface area (Å²) >= 11 is 0. The maximum absolute atomic E-state index is 3.28. The molecule has 0 aromatic rings. The Hall–Kier alpha value is -0.0800. The van der Waals surface area contributed by atoms with Gasteiger partial charge in [-0.3, -0.25) is 0 Å². The predicted molar refractivity (Wildman–Crippen MR) is 58.0 cm³/mol. The first-order chi connectivity index (χ1) is 6.29. The van der Waals surface area contributed by atoms with Crippen LogP contribution in [0.3, 0.4) is 0 Å². The molecule has 1 fully saturated rings. The minimum Gasteiger partial charge on any atom is -0.319 e. The fourth-order valence-corrected chi connectivity index (χ4v) is 2.21. The lowest BCUT2D eigenvalue weighted by Gasteiger charge is -2.42. The summed E-state index contributed by atoms with van der Waals surface area (Å²) in [6, 6.07) is 0.860. The zero-order chi connectivity index (χ0) is 9.68. The van der Waals surface area contributed by atoms with Crippen LogP contribution in [-0.4, -0.2) is 38.1 Å². The van der Waals surface area contributed by atoms with Crippen LogP contribution in [-0.2, 0) is 0 Å². The number of unbranched alkanes of at least 4 members (excludes halogenated alkanes) is 1. The summed E-state index contributed by atoms with van der Waals surface area (Å²) in [5.41, 5.74) is 0. The molecule has 2 nitrogen and oxygen atoms in total. The van der Waals surface area contributed by atoms with Crippen molar-refractivity contribution in [1.29, 1.82) is 0 Å². The zero-order valence-corrected chi connectivity index (χ0v) is 9.34. The number of nitrogens with zero attached hydrogens (tertiary/aromatic N) is 1. The van der Waals surface area contributed by atoms with Crippen molar-refractivity contribution < 1.29 is 0 Å². The Kier molecular flexibility index (Phi) is 4.74. The van der Waals surface area contributed by atoms with Crippen molar-refractivity contribution in [2.75, 3.05) is 27.2 Å². The lowest BCUT2D eigenvalue weighted by molar-refractivity contribution is 0.0841. The molecule has 1 rings (SSSR count). The highest BCUT2D eigenvalue weighted by Gasteiger charge is 2.32. The fourth-order valence-electron chi connectivity index (χ4n) is 2.21. The molecule has 1 aliphatic carbocycles. The van der Waals surface area contributed by atoms with Crippen molar-refractivity contribution in [2.45, 2.75) is 38.6 Å². The zero-order valence-electron chi connectivity index (χ0n) is 9.34. The van der Waals surface area contributed by atoms with E-state index < -0.39 is 0 Å². The Morgan fingerprint density at radius 2 is 2.15 bits per heavy atom. The lowest BCUT2D eigenvalue weighted by atomic mass is 9.78. The third kappa shape index (κ3) is 2.96. The second-order valence-corrected chi connectivity index (χ2v) is 4.30. The van der Waals surface area contributed by atoms with E-state index in [-0.39, 0.29) is 0 Å². The van der Waals surface area contributed by atoms with E-state index in [0.29, 0.717) is 0 Å². The molecule has 0 heterocycles. The normalized spacial score (nSPS) is 27.7. The van der Waals surface area contributed by atoms with Crippen LogP contribution in [0.2, 0.25) is 0 Å². The highest BCUT2D eigenvalue weighted by atomic mass is 15.1. The Balaban J connectivity index is 2.18. The van der Waals surface area contributed by atoms with Gasteiger partial charge in [-0.05, 0) is 52.4 Å². The van der Waals surface area contributed by atoms with E-state index in [1.54, 1.807) is 0 Å². The molecule has 78 valence electrons. The topological polar surface area (TPSA) is 15.3 Å². The van der Waals surface area contributed by atoms with Gasteiger partial charge in [-0.2, -0.15) is 0 Å².